The van der Waals surface area contributed by atoms with Crippen LogP contribution >= 0.6 is 15.9 Å². The second kappa shape index (κ2) is 16.1. The Balaban J connectivity index is 1.52. The number of carbonyl (C=O) groups excluding carboxylic acids is 1. The summed E-state index contributed by atoms with van der Waals surface area (Å²) in [4.78, 5) is 26.9. The highest BCUT2D eigenvalue weighted by molar-refractivity contribution is 9.10. The first-order chi connectivity index (χ1) is 25.3. The van der Waals surface area contributed by atoms with E-state index in [9.17, 15) is 23.1 Å². The zero-order chi connectivity index (χ0) is 39.7. The maximum atomic E-state index is 15.5. The Kier molecular flexibility index (Phi) is 12.2. The van der Waals surface area contributed by atoms with Crippen LogP contribution in [0.15, 0.2) is 59.1 Å². The van der Waals surface area contributed by atoms with Crippen molar-refractivity contribution in [1.29, 1.82) is 0 Å². The molecule has 0 bridgehead atoms. The molecule has 0 aromatic heterocycles. The van der Waals surface area contributed by atoms with Crippen molar-refractivity contribution < 1.29 is 45.4 Å². The number of carbonyl (C=O) groups is 2. The van der Waals surface area contributed by atoms with Crippen LogP contribution in [-0.2, 0) is 39.6 Å². The van der Waals surface area contributed by atoms with Gasteiger partial charge in [0.25, 0.3) is 0 Å². The molecule has 0 saturated heterocycles. The van der Waals surface area contributed by atoms with Gasteiger partial charge in [-0.3, -0.25) is 9.52 Å². The number of ether oxygens (including phenoxy) is 1. The number of nitrogens with one attached hydrogen (secondary N) is 1. The van der Waals surface area contributed by atoms with Gasteiger partial charge >= 0.3 is 5.97 Å². The normalized spacial score (nSPS) is 13.1. The SMILES string of the molecule is CCOc1cc(C(=O)O)ccc1N(Cc1cc(C2CC2)cc(C(C)(C)C)c1)C(=O)CS(=O)(=O)Nc1c(F)c(F)c(Cc2cccc(Br)c2CC)c(F)c1F. The molecule has 0 atom stereocenters. The monoisotopic (exact) mass is 832 g/mol. The van der Waals surface area contributed by atoms with E-state index in [-0.39, 0.29) is 35.6 Å². The van der Waals surface area contributed by atoms with E-state index < -0.39 is 68.6 Å². The number of carboxylic acids is 1. The fraction of sp³-hybridized carbons (Fsp3) is 0.350. The molecule has 0 spiro atoms. The van der Waals surface area contributed by atoms with Crippen LogP contribution in [0.2, 0.25) is 0 Å². The first-order valence-corrected chi connectivity index (χ1v) is 19.9. The molecule has 1 saturated carbocycles. The maximum Gasteiger partial charge on any atom is 0.335 e. The van der Waals surface area contributed by atoms with Crippen LogP contribution in [0, 0.1) is 23.3 Å². The molecule has 14 heteroatoms. The molecule has 288 valence electrons. The fourth-order valence-electron chi connectivity index (χ4n) is 6.24. The predicted octanol–water partition coefficient (Wildman–Crippen LogP) is 9.41. The number of anilines is 2. The van der Waals surface area contributed by atoms with Crippen molar-refractivity contribution in [3.8, 4) is 5.75 Å². The van der Waals surface area contributed by atoms with Crippen LogP contribution in [0.3, 0.4) is 0 Å². The third kappa shape index (κ3) is 9.08. The lowest BCUT2D eigenvalue weighted by molar-refractivity contribution is -0.116. The highest BCUT2D eigenvalue weighted by Crippen LogP contribution is 2.42. The zero-order valence-electron chi connectivity index (χ0n) is 30.5. The zero-order valence-corrected chi connectivity index (χ0v) is 32.9. The van der Waals surface area contributed by atoms with E-state index in [1.165, 1.54) is 18.2 Å². The van der Waals surface area contributed by atoms with Gasteiger partial charge in [0, 0.05) is 16.5 Å². The molecule has 4 aromatic carbocycles. The van der Waals surface area contributed by atoms with Crippen molar-refractivity contribution in [3.05, 3.63) is 121 Å². The average Bonchev–Trinajstić information content (AvgIpc) is 3.96. The summed E-state index contributed by atoms with van der Waals surface area (Å²) < 4.78 is 96.6. The second-order valence-electron chi connectivity index (χ2n) is 14.3. The first kappa shape index (κ1) is 40.7. The summed E-state index contributed by atoms with van der Waals surface area (Å²) in [5.74, 6) is -11.0. The number of hydrogen-bond acceptors (Lipinski definition) is 5. The Bertz CT molecular complexity index is 2190. The van der Waals surface area contributed by atoms with Crippen LogP contribution in [0.4, 0.5) is 28.9 Å². The summed E-state index contributed by atoms with van der Waals surface area (Å²) in [6, 6.07) is 14.5. The molecule has 2 N–H and O–H groups in total. The number of aromatic carboxylic acids is 1. The van der Waals surface area contributed by atoms with Crippen molar-refractivity contribution in [2.75, 3.05) is 22.0 Å². The van der Waals surface area contributed by atoms with Crippen molar-refractivity contribution in [2.45, 2.75) is 78.2 Å². The lowest BCUT2D eigenvalue weighted by Gasteiger charge is -2.27. The number of sulfonamides is 1. The molecular weight excluding hydrogens is 792 g/mol. The van der Waals surface area contributed by atoms with Gasteiger partial charge in [0.05, 0.1) is 24.4 Å². The van der Waals surface area contributed by atoms with Gasteiger partial charge < -0.3 is 14.7 Å². The number of halogens is 5. The quantitative estimate of drug-likeness (QED) is 0.0968. The highest BCUT2D eigenvalue weighted by atomic mass is 79.9. The number of nitrogens with zero attached hydrogens (tertiary/aromatic N) is 1. The standard InChI is InChI=1S/C40H41BrF4N2O6S/c1-6-28-24(9-8-10-30(28)41)18-29-34(42)36(44)38(37(45)35(29)43)46-54(51,52)21-33(48)47(31-14-13-25(39(49)50)19-32(31)53-7-2)20-22-15-26(23-11-12-23)17-27(16-22)40(3,4)5/h8-10,13-17,19,23,46H,6-7,11-12,18,20-21H2,1-5H3,(H,49,50). The Morgan fingerprint density at radius 2 is 1.61 bits per heavy atom. The second-order valence-corrected chi connectivity index (χ2v) is 16.8. The van der Waals surface area contributed by atoms with Crippen molar-refractivity contribution >= 4 is 49.2 Å². The van der Waals surface area contributed by atoms with Gasteiger partial charge in [-0.1, -0.05) is 74.0 Å². The van der Waals surface area contributed by atoms with Gasteiger partial charge in [-0.15, -0.1) is 0 Å². The molecule has 1 aliphatic carbocycles. The fourth-order valence-corrected chi connectivity index (χ4v) is 7.97. The Labute approximate surface area is 320 Å². The van der Waals surface area contributed by atoms with E-state index in [1.807, 2.05) is 32.9 Å². The molecule has 1 amide bonds. The summed E-state index contributed by atoms with van der Waals surface area (Å²) in [7, 11) is -5.03. The lowest BCUT2D eigenvalue weighted by Crippen LogP contribution is -2.37. The van der Waals surface area contributed by atoms with Crippen LogP contribution in [0.5, 0.6) is 5.75 Å². The number of hydrogen-bond donors (Lipinski definition) is 2. The van der Waals surface area contributed by atoms with Crippen molar-refractivity contribution in [1.82, 2.24) is 0 Å². The van der Waals surface area contributed by atoms with Gasteiger partial charge in [0.1, 0.15) is 17.2 Å². The molecular formula is C40H41BrF4N2O6S. The minimum Gasteiger partial charge on any atom is -0.492 e. The summed E-state index contributed by atoms with van der Waals surface area (Å²) in [5, 5.41) is 9.61. The van der Waals surface area contributed by atoms with E-state index in [0.717, 1.165) is 28.9 Å². The minimum absolute atomic E-state index is 0.0287. The van der Waals surface area contributed by atoms with E-state index >= 15 is 17.6 Å². The maximum absolute atomic E-state index is 15.5. The molecule has 0 radical (unpaired) electrons. The van der Waals surface area contributed by atoms with E-state index in [1.54, 1.807) is 36.8 Å². The Morgan fingerprint density at radius 1 is 0.944 bits per heavy atom. The molecule has 4 aromatic rings. The Morgan fingerprint density at radius 3 is 2.19 bits per heavy atom. The van der Waals surface area contributed by atoms with Crippen LogP contribution < -0.4 is 14.4 Å². The summed E-state index contributed by atoms with van der Waals surface area (Å²) in [6.45, 7) is 9.40. The van der Waals surface area contributed by atoms with Gasteiger partial charge in [-0.25, -0.2) is 30.8 Å². The molecule has 8 nitrogen and oxygen atoms in total. The topological polar surface area (TPSA) is 113 Å². The van der Waals surface area contributed by atoms with Gasteiger partial charge in [0.15, 0.2) is 23.3 Å². The summed E-state index contributed by atoms with van der Waals surface area (Å²) >= 11 is 3.36. The molecule has 0 heterocycles. The van der Waals surface area contributed by atoms with Crippen molar-refractivity contribution in [2.24, 2.45) is 0 Å². The first-order valence-electron chi connectivity index (χ1n) is 17.4. The largest absolute Gasteiger partial charge is 0.492 e. The number of carboxylic acid groups (broad SMARTS) is 1. The van der Waals surface area contributed by atoms with Gasteiger partial charge in [-0.05, 0) is 89.6 Å². The summed E-state index contributed by atoms with van der Waals surface area (Å²) in [6.07, 6.45) is 1.91. The number of rotatable bonds is 14. The van der Waals surface area contributed by atoms with Gasteiger partial charge in [0.2, 0.25) is 15.9 Å². The third-order valence-corrected chi connectivity index (χ3v) is 11.1. The molecule has 0 unspecified atom stereocenters. The van der Waals surface area contributed by atoms with E-state index in [2.05, 4.69) is 22.0 Å². The highest BCUT2D eigenvalue weighted by Gasteiger charge is 2.32. The number of benzene rings is 4. The predicted molar refractivity (Wildman–Crippen MR) is 203 cm³/mol. The van der Waals surface area contributed by atoms with Crippen molar-refractivity contribution in [3.63, 3.8) is 0 Å². The van der Waals surface area contributed by atoms with E-state index in [4.69, 9.17) is 4.74 Å². The van der Waals surface area contributed by atoms with Crippen LogP contribution in [0.25, 0.3) is 0 Å². The van der Waals surface area contributed by atoms with Gasteiger partial charge in [-0.2, -0.15) is 0 Å². The average molecular weight is 834 g/mol. The van der Waals surface area contributed by atoms with Crippen LogP contribution in [0.1, 0.15) is 97.1 Å². The molecule has 54 heavy (non-hydrogen) atoms. The van der Waals surface area contributed by atoms with E-state index in [0.29, 0.717) is 33.5 Å². The minimum atomic E-state index is -5.03. The smallest absolute Gasteiger partial charge is 0.335 e. The molecule has 1 fully saturated rings. The molecule has 0 aliphatic heterocycles. The lowest BCUT2D eigenvalue weighted by atomic mass is 9.84. The summed E-state index contributed by atoms with van der Waals surface area (Å²) in [5.41, 5.74) is 0.797. The van der Waals surface area contributed by atoms with Crippen LogP contribution in [-0.4, -0.2) is 37.8 Å². The Hall–Kier alpha value is -4.43. The third-order valence-electron chi connectivity index (χ3n) is 9.23. The molecule has 5 rings (SSSR count). The molecule has 1 aliphatic rings. The number of amides is 1.